The van der Waals surface area contributed by atoms with Crippen molar-refractivity contribution in [3.8, 4) is 0 Å². The number of esters is 4. The predicted octanol–water partition coefficient (Wildman–Crippen LogP) is 26.5. The Morgan fingerprint density at radius 2 is 0.481 bits per heavy atom. The second-order valence-electron chi connectivity index (χ2n) is 32.5. The van der Waals surface area contributed by atoms with E-state index in [1.54, 1.807) is 0 Å². The largest absolute Gasteiger partial charge is 0.472 e. The van der Waals surface area contributed by atoms with Gasteiger partial charge in [0.25, 0.3) is 0 Å². The van der Waals surface area contributed by atoms with Crippen LogP contribution in [0.1, 0.15) is 459 Å². The van der Waals surface area contributed by atoms with Gasteiger partial charge in [0.2, 0.25) is 0 Å². The van der Waals surface area contributed by atoms with Crippen LogP contribution in [0.25, 0.3) is 0 Å². The second-order valence-corrected chi connectivity index (χ2v) is 35.4. The second kappa shape index (κ2) is 77.0. The molecule has 0 aromatic carbocycles. The molecule has 0 saturated heterocycles. The highest BCUT2D eigenvalue weighted by Crippen LogP contribution is 2.45. The zero-order valence-corrected chi connectivity index (χ0v) is 71.7. The molecule has 0 aliphatic rings. The maximum absolute atomic E-state index is 13.1. The van der Waals surface area contributed by atoms with E-state index >= 15 is 0 Å². The first kappa shape index (κ1) is 104. The van der Waals surface area contributed by atoms with Crippen molar-refractivity contribution in [2.24, 2.45) is 17.8 Å². The van der Waals surface area contributed by atoms with E-state index < -0.39 is 97.5 Å². The van der Waals surface area contributed by atoms with Crippen LogP contribution < -0.4 is 0 Å². The van der Waals surface area contributed by atoms with Crippen molar-refractivity contribution in [3.63, 3.8) is 0 Å². The number of carbonyl (C=O) groups is 4. The Kier molecular flexibility index (Phi) is 75.6. The van der Waals surface area contributed by atoms with E-state index in [9.17, 15) is 43.2 Å². The topological polar surface area (TPSA) is 237 Å². The fraction of sp³-hybridized carbons (Fsp3) is 0.954. The summed E-state index contributed by atoms with van der Waals surface area (Å²) < 4.78 is 68.9. The van der Waals surface area contributed by atoms with E-state index in [1.807, 2.05) is 0 Å². The quantitative estimate of drug-likeness (QED) is 0.0222. The first-order valence-corrected chi connectivity index (χ1v) is 47.9. The van der Waals surface area contributed by atoms with Crippen molar-refractivity contribution in [1.29, 1.82) is 0 Å². The van der Waals surface area contributed by atoms with Crippen LogP contribution >= 0.6 is 15.6 Å². The smallest absolute Gasteiger partial charge is 0.462 e. The van der Waals surface area contributed by atoms with Crippen molar-refractivity contribution in [2.75, 3.05) is 39.6 Å². The van der Waals surface area contributed by atoms with Crippen LogP contribution in [-0.4, -0.2) is 96.7 Å². The number of phosphoric ester groups is 2. The first-order chi connectivity index (χ1) is 51.3. The fourth-order valence-electron chi connectivity index (χ4n) is 13.5. The predicted molar refractivity (Wildman–Crippen MR) is 437 cm³/mol. The molecule has 0 aliphatic carbocycles. The number of unbranched alkanes of at least 4 members (excludes halogenated alkanes) is 52. The van der Waals surface area contributed by atoms with Gasteiger partial charge in [0.05, 0.1) is 26.4 Å². The summed E-state index contributed by atoms with van der Waals surface area (Å²) in [6, 6.07) is 0. The fourth-order valence-corrected chi connectivity index (χ4v) is 15.1. The normalized spacial score (nSPS) is 14.1. The number of hydrogen-bond donors (Lipinski definition) is 3. The summed E-state index contributed by atoms with van der Waals surface area (Å²) in [5.41, 5.74) is 0. The molecule has 0 aliphatic heterocycles. The maximum Gasteiger partial charge on any atom is 0.472 e. The third-order valence-corrected chi connectivity index (χ3v) is 22.6. The van der Waals surface area contributed by atoms with Crippen molar-refractivity contribution in [2.45, 2.75) is 478 Å². The summed E-state index contributed by atoms with van der Waals surface area (Å²) in [5, 5.41) is 10.7. The van der Waals surface area contributed by atoms with Gasteiger partial charge in [-0.2, -0.15) is 0 Å². The minimum absolute atomic E-state index is 0.108. The molecule has 0 fully saturated rings. The molecule has 19 heteroatoms. The van der Waals surface area contributed by atoms with E-state index in [0.29, 0.717) is 25.7 Å². The summed E-state index contributed by atoms with van der Waals surface area (Å²) in [4.78, 5) is 73.2. The highest BCUT2D eigenvalue weighted by atomic mass is 31.2. The van der Waals surface area contributed by atoms with Gasteiger partial charge in [0, 0.05) is 25.7 Å². The number of ether oxygens (including phenoxy) is 4. The van der Waals surface area contributed by atoms with Gasteiger partial charge in [0.15, 0.2) is 12.2 Å². The van der Waals surface area contributed by atoms with Crippen molar-refractivity contribution in [3.05, 3.63) is 0 Å². The van der Waals surface area contributed by atoms with Crippen LogP contribution in [0.3, 0.4) is 0 Å². The first-order valence-electron chi connectivity index (χ1n) is 44.9. The minimum atomic E-state index is -4.97. The van der Waals surface area contributed by atoms with Crippen LogP contribution in [0.4, 0.5) is 0 Å². The van der Waals surface area contributed by atoms with Crippen LogP contribution in [0.2, 0.25) is 0 Å². The average molecular weight is 1550 g/mol. The standard InChI is InChI=1S/C87H170O17P2/c1-8-10-11-12-13-37-47-54-61-68-84(89)97-74-82(103-86(91)71-64-57-50-43-36-30-24-23-27-33-40-46-53-60-67-80(7)9-2)76-101-105(93,94)99-72-81(88)73-100-106(95,96)102-77-83(75-98-85(90)69-62-55-48-41-34-28-22-18-20-26-32-39-45-52-59-66-79(5)6)104-87(92)70-63-56-49-42-35-29-21-17-15-14-16-19-25-31-38-44-51-58-65-78(3)4/h78-83,88H,8-77H2,1-7H3,(H,93,94)(H,95,96)/t80?,81-,82+,83+/m0/s1. The molecule has 106 heavy (non-hydrogen) atoms. The Balaban J connectivity index is 5.21. The molecule has 0 radical (unpaired) electrons. The molecule has 0 aromatic rings. The molecule has 0 aromatic heterocycles. The average Bonchev–Trinajstić information content (AvgIpc) is 0.899. The van der Waals surface area contributed by atoms with E-state index in [-0.39, 0.29) is 25.7 Å². The Morgan fingerprint density at radius 3 is 0.717 bits per heavy atom. The van der Waals surface area contributed by atoms with Gasteiger partial charge in [-0.1, -0.05) is 408 Å². The summed E-state index contributed by atoms with van der Waals surface area (Å²) >= 11 is 0. The van der Waals surface area contributed by atoms with Crippen LogP contribution in [0.15, 0.2) is 0 Å². The van der Waals surface area contributed by atoms with Crippen LogP contribution in [-0.2, 0) is 65.4 Å². The molecule has 0 spiro atoms. The molecule has 17 nitrogen and oxygen atoms in total. The molecular weight excluding hydrogens is 1380 g/mol. The highest BCUT2D eigenvalue weighted by Gasteiger charge is 2.31. The van der Waals surface area contributed by atoms with Gasteiger partial charge in [-0.15, -0.1) is 0 Å². The van der Waals surface area contributed by atoms with Crippen LogP contribution in [0, 0.1) is 17.8 Å². The molecule has 6 atom stereocenters. The third-order valence-electron chi connectivity index (χ3n) is 20.7. The van der Waals surface area contributed by atoms with Gasteiger partial charge in [0.1, 0.15) is 19.3 Å². The van der Waals surface area contributed by atoms with Gasteiger partial charge < -0.3 is 33.8 Å². The molecule has 3 unspecified atom stereocenters. The van der Waals surface area contributed by atoms with E-state index in [0.717, 1.165) is 108 Å². The Morgan fingerprint density at radius 1 is 0.274 bits per heavy atom. The highest BCUT2D eigenvalue weighted by molar-refractivity contribution is 7.47. The SMILES string of the molecule is CCCCCCCCCCCC(=O)OC[C@H](COP(=O)(O)OC[C@H](O)COP(=O)(O)OC[C@@H](COC(=O)CCCCCCCCCCCCCCCCCC(C)C)OC(=O)CCCCCCCCCCCCCCCCCCCCC(C)C)OC(=O)CCCCCCCCCCCCCCCCC(C)CC. The number of carbonyl (C=O) groups excluding carboxylic acids is 4. The van der Waals surface area contributed by atoms with Gasteiger partial charge >= 0.3 is 39.5 Å². The molecule has 3 N–H and O–H groups in total. The number of aliphatic hydroxyl groups excluding tert-OH is 1. The molecule has 0 saturated carbocycles. The minimum Gasteiger partial charge on any atom is -0.462 e. The maximum atomic E-state index is 13.1. The van der Waals surface area contributed by atoms with Crippen molar-refractivity contribution >= 4 is 39.5 Å². The van der Waals surface area contributed by atoms with Gasteiger partial charge in [-0.05, 0) is 43.4 Å². The zero-order chi connectivity index (χ0) is 77.9. The monoisotopic (exact) mass is 1550 g/mol. The lowest BCUT2D eigenvalue weighted by Crippen LogP contribution is -2.30. The Hall–Kier alpha value is -1.94. The lowest BCUT2D eigenvalue weighted by atomic mass is 9.99. The van der Waals surface area contributed by atoms with Gasteiger partial charge in [-0.3, -0.25) is 37.3 Å². The van der Waals surface area contributed by atoms with Gasteiger partial charge in [-0.25, -0.2) is 9.13 Å². The molecule has 0 amide bonds. The number of aliphatic hydroxyl groups is 1. The lowest BCUT2D eigenvalue weighted by molar-refractivity contribution is -0.161. The summed E-state index contributed by atoms with van der Waals surface area (Å²) in [6.45, 7) is 12.1. The Labute approximate surface area is 651 Å². The van der Waals surface area contributed by atoms with Crippen molar-refractivity contribution in [1.82, 2.24) is 0 Å². The van der Waals surface area contributed by atoms with Crippen molar-refractivity contribution < 1.29 is 80.2 Å². The zero-order valence-electron chi connectivity index (χ0n) is 69.9. The number of rotatable bonds is 85. The molecule has 0 heterocycles. The summed E-state index contributed by atoms with van der Waals surface area (Å²) in [5.74, 6) is 0.369. The molecular formula is C87H170O17P2. The van der Waals surface area contributed by atoms with E-state index in [1.165, 1.54) is 270 Å². The van der Waals surface area contributed by atoms with E-state index in [4.69, 9.17) is 37.0 Å². The molecule has 630 valence electrons. The Bertz CT molecular complexity index is 2050. The molecule has 0 bridgehead atoms. The summed E-state index contributed by atoms with van der Waals surface area (Å²) in [7, 11) is -9.93. The third kappa shape index (κ3) is 78.7. The number of hydrogen-bond acceptors (Lipinski definition) is 15. The summed E-state index contributed by atoms with van der Waals surface area (Å²) in [6.07, 6.45) is 68.0. The lowest BCUT2D eigenvalue weighted by Gasteiger charge is -2.21. The number of phosphoric acid groups is 2. The molecule has 0 rings (SSSR count). The van der Waals surface area contributed by atoms with E-state index in [2.05, 4.69) is 48.5 Å². The van der Waals surface area contributed by atoms with Crippen LogP contribution in [0.5, 0.6) is 0 Å².